The Bertz CT molecular complexity index is 663. The number of hydrogen-bond donors (Lipinski definition) is 1. The molecule has 3 rings (SSSR count). The summed E-state index contributed by atoms with van der Waals surface area (Å²) in [5.74, 6) is 1.38. The number of nitrogens with zero attached hydrogens (tertiary/aromatic N) is 2. The number of rotatable bonds is 5. The first kappa shape index (κ1) is 14.4. The van der Waals surface area contributed by atoms with Crippen LogP contribution in [0.25, 0.3) is 0 Å². The van der Waals surface area contributed by atoms with Gasteiger partial charge in [0.1, 0.15) is 17.8 Å². The second kappa shape index (κ2) is 6.07. The molecular weight excluding hydrogens is 288 g/mol. The van der Waals surface area contributed by atoms with Crippen molar-refractivity contribution in [2.45, 2.75) is 12.7 Å². The Kier molecular flexibility index (Phi) is 3.97. The maximum atomic E-state index is 12.0. The maximum Gasteiger partial charge on any atom is 0.275 e. The molecule has 2 aromatic rings. The van der Waals surface area contributed by atoms with Crippen molar-refractivity contribution in [3.05, 3.63) is 42.1 Å². The van der Waals surface area contributed by atoms with E-state index in [4.69, 9.17) is 13.9 Å². The van der Waals surface area contributed by atoms with E-state index in [1.807, 2.05) is 12.1 Å². The molecule has 0 unspecified atom stereocenters. The summed E-state index contributed by atoms with van der Waals surface area (Å²) in [6.07, 6.45) is 0.865. The smallest absolute Gasteiger partial charge is 0.275 e. The third kappa shape index (κ3) is 3.04. The van der Waals surface area contributed by atoms with Gasteiger partial charge in [-0.25, -0.2) is 4.98 Å². The van der Waals surface area contributed by atoms with Gasteiger partial charge in [0.05, 0.1) is 13.2 Å². The van der Waals surface area contributed by atoms with Gasteiger partial charge < -0.3 is 23.9 Å². The quantitative estimate of drug-likeness (QED) is 0.889. The number of aliphatic hydroxyl groups is 1. The number of oxazole rings is 1. The minimum atomic E-state index is -0.438. The zero-order valence-corrected chi connectivity index (χ0v) is 12.1. The number of ether oxygens (including phenoxy) is 2. The SMILES string of the molecule is COc1cccc(OCc2nc(C(=O)N3CC(O)C3)co2)c1. The van der Waals surface area contributed by atoms with Crippen molar-refractivity contribution in [1.82, 2.24) is 9.88 Å². The predicted octanol–water partition coefficient (Wildman–Crippen LogP) is 1.08. The summed E-state index contributed by atoms with van der Waals surface area (Å²) >= 11 is 0. The Hall–Kier alpha value is -2.54. The van der Waals surface area contributed by atoms with Gasteiger partial charge in [-0.2, -0.15) is 0 Å². The summed E-state index contributed by atoms with van der Waals surface area (Å²) in [6, 6.07) is 7.17. The van der Waals surface area contributed by atoms with Gasteiger partial charge in [0.15, 0.2) is 12.3 Å². The lowest BCUT2D eigenvalue weighted by molar-refractivity contribution is 0.00549. The highest BCUT2D eigenvalue weighted by atomic mass is 16.5. The highest BCUT2D eigenvalue weighted by Gasteiger charge is 2.31. The zero-order valence-electron chi connectivity index (χ0n) is 12.1. The van der Waals surface area contributed by atoms with Gasteiger partial charge in [-0.1, -0.05) is 6.07 Å². The molecule has 7 nitrogen and oxygen atoms in total. The number of aliphatic hydroxyl groups excluding tert-OH is 1. The lowest BCUT2D eigenvalue weighted by Crippen LogP contribution is -2.53. The van der Waals surface area contributed by atoms with E-state index in [0.29, 0.717) is 30.5 Å². The topological polar surface area (TPSA) is 85.0 Å². The lowest BCUT2D eigenvalue weighted by atomic mass is 10.1. The summed E-state index contributed by atoms with van der Waals surface area (Å²) in [4.78, 5) is 17.6. The summed E-state index contributed by atoms with van der Waals surface area (Å²) < 4.78 is 15.9. The van der Waals surface area contributed by atoms with E-state index in [0.717, 1.165) is 0 Å². The molecule has 2 heterocycles. The number of hydrogen-bond acceptors (Lipinski definition) is 6. The number of carbonyl (C=O) groups excluding carboxylic acids is 1. The fraction of sp³-hybridized carbons (Fsp3) is 0.333. The summed E-state index contributed by atoms with van der Waals surface area (Å²) in [6.45, 7) is 0.783. The molecule has 0 atom stereocenters. The van der Waals surface area contributed by atoms with Crippen molar-refractivity contribution in [3.63, 3.8) is 0 Å². The van der Waals surface area contributed by atoms with Crippen LogP contribution in [0, 0.1) is 0 Å². The van der Waals surface area contributed by atoms with E-state index in [9.17, 15) is 9.90 Å². The monoisotopic (exact) mass is 304 g/mol. The van der Waals surface area contributed by atoms with Gasteiger partial charge in [-0.15, -0.1) is 0 Å². The Labute approximate surface area is 127 Å². The highest BCUT2D eigenvalue weighted by Crippen LogP contribution is 2.20. The summed E-state index contributed by atoms with van der Waals surface area (Å²) in [5.41, 5.74) is 0.219. The molecule has 7 heteroatoms. The number of amides is 1. The lowest BCUT2D eigenvalue weighted by Gasteiger charge is -2.35. The number of aromatic nitrogens is 1. The van der Waals surface area contributed by atoms with Gasteiger partial charge in [0, 0.05) is 19.2 Å². The number of benzene rings is 1. The van der Waals surface area contributed by atoms with E-state index in [1.54, 1.807) is 19.2 Å². The van der Waals surface area contributed by atoms with E-state index in [2.05, 4.69) is 4.98 Å². The molecule has 0 saturated carbocycles. The van der Waals surface area contributed by atoms with Gasteiger partial charge >= 0.3 is 0 Å². The molecule has 0 radical (unpaired) electrons. The number of likely N-dealkylation sites (tertiary alicyclic amines) is 1. The van der Waals surface area contributed by atoms with Crippen LogP contribution in [-0.2, 0) is 6.61 Å². The molecule has 1 aliphatic heterocycles. The molecular formula is C15H16N2O5. The Balaban J connectivity index is 1.58. The number of methoxy groups -OCH3 is 1. The Morgan fingerprint density at radius 3 is 2.95 bits per heavy atom. The summed E-state index contributed by atoms with van der Waals surface area (Å²) in [5, 5.41) is 9.20. The first-order valence-corrected chi connectivity index (χ1v) is 6.84. The van der Waals surface area contributed by atoms with Crippen LogP contribution in [0.4, 0.5) is 0 Å². The Morgan fingerprint density at radius 1 is 1.45 bits per heavy atom. The third-order valence-electron chi connectivity index (χ3n) is 3.32. The largest absolute Gasteiger partial charge is 0.497 e. The van der Waals surface area contributed by atoms with Crippen molar-refractivity contribution in [3.8, 4) is 11.5 Å². The molecule has 1 saturated heterocycles. The van der Waals surface area contributed by atoms with Crippen molar-refractivity contribution in [1.29, 1.82) is 0 Å². The average Bonchev–Trinajstić information content (AvgIpc) is 2.98. The van der Waals surface area contributed by atoms with Crippen LogP contribution in [-0.4, -0.2) is 47.2 Å². The fourth-order valence-corrected chi connectivity index (χ4v) is 2.09. The average molecular weight is 304 g/mol. The van der Waals surface area contributed by atoms with Crippen LogP contribution < -0.4 is 9.47 Å². The second-order valence-corrected chi connectivity index (χ2v) is 4.96. The van der Waals surface area contributed by atoms with Crippen LogP contribution in [0.1, 0.15) is 16.4 Å². The predicted molar refractivity (Wildman–Crippen MR) is 75.7 cm³/mol. The van der Waals surface area contributed by atoms with Crippen molar-refractivity contribution in [2.24, 2.45) is 0 Å². The van der Waals surface area contributed by atoms with E-state index < -0.39 is 6.10 Å². The molecule has 0 spiro atoms. The molecule has 116 valence electrons. The van der Waals surface area contributed by atoms with Crippen LogP contribution in [0.3, 0.4) is 0 Å². The van der Waals surface area contributed by atoms with Gasteiger partial charge in [0.25, 0.3) is 5.91 Å². The molecule has 1 aromatic heterocycles. The van der Waals surface area contributed by atoms with Crippen molar-refractivity contribution >= 4 is 5.91 Å². The molecule has 1 amide bonds. The number of carbonyl (C=O) groups is 1. The molecule has 1 N–H and O–H groups in total. The van der Waals surface area contributed by atoms with E-state index in [1.165, 1.54) is 11.2 Å². The number of β-amino-alcohol motifs (C(OH)–C–C–N with tert-alkyl or cyclic N) is 1. The summed E-state index contributed by atoms with van der Waals surface area (Å²) in [7, 11) is 1.58. The van der Waals surface area contributed by atoms with E-state index >= 15 is 0 Å². The van der Waals surface area contributed by atoms with Crippen LogP contribution >= 0.6 is 0 Å². The normalized spacial score (nSPS) is 14.5. The third-order valence-corrected chi connectivity index (χ3v) is 3.32. The Morgan fingerprint density at radius 2 is 2.23 bits per heavy atom. The standard InChI is InChI=1S/C15H16N2O5/c1-20-11-3-2-4-12(5-11)21-9-14-16-13(8-22-14)15(19)17-6-10(18)7-17/h2-5,8,10,18H,6-7,9H2,1H3. The van der Waals surface area contributed by atoms with Crippen LogP contribution in [0.5, 0.6) is 11.5 Å². The van der Waals surface area contributed by atoms with Gasteiger partial charge in [-0.05, 0) is 12.1 Å². The molecule has 1 fully saturated rings. The molecule has 0 bridgehead atoms. The van der Waals surface area contributed by atoms with Crippen LogP contribution in [0.15, 0.2) is 34.9 Å². The minimum Gasteiger partial charge on any atom is -0.497 e. The second-order valence-electron chi connectivity index (χ2n) is 4.96. The first-order chi connectivity index (χ1) is 10.7. The van der Waals surface area contributed by atoms with Crippen LogP contribution in [0.2, 0.25) is 0 Å². The first-order valence-electron chi connectivity index (χ1n) is 6.84. The van der Waals surface area contributed by atoms with Gasteiger partial charge in [-0.3, -0.25) is 4.79 Å². The van der Waals surface area contributed by atoms with Crippen molar-refractivity contribution < 1.29 is 23.8 Å². The maximum absolute atomic E-state index is 12.0. The highest BCUT2D eigenvalue weighted by molar-refractivity contribution is 5.92. The fourth-order valence-electron chi connectivity index (χ4n) is 2.09. The minimum absolute atomic E-state index is 0.114. The molecule has 1 aliphatic rings. The van der Waals surface area contributed by atoms with Gasteiger partial charge in [0.2, 0.25) is 5.89 Å². The zero-order chi connectivity index (χ0) is 15.5. The van der Waals surface area contributed by atoms with E-state index in [-0.39, 0.29) is 18.2 Å². The van der Waals surface area contributed by atoms with Crippen molar-refractivity contribution in [2.75, 3.05) is 20.2 Å². The molecule has 1 aromatic carbocycles. The molecule has 22 heavy (non-hydrogen) atoms. The molecule has 0 aliphatic carbocycles.